The number of nitrogens with zero attached hydrogens (tertiary/aromatic N) is 2. The van der Waals surface area contributed by atoms with Gasteiger partial charge in [0.25, 0.3) is 0 Å². The Morgan fingerprint density at radius 3 is 2.65 bits per heavy atom. The normalized spacial score (nSPS) is 14.2. The summed E-state index contributed by atoms with van der Waals surface area (Å²) in [5, 5.41) is 22.0. The van der Waals surface area contributed by atoms with Crippen molar-refractivity contribution in [3.05, 3.63) is 6.07 Å². The third kappa shape index (κ3) is 4.35. The van der Waals surface area contributed by atoms with Crippen molar-refractivity contribution >= 4 is 23.4 Å². The number of nitrogens with one attached hydrogen (secondary N) is 2. The van der Waals surface area contributed by atoms with Gasteiger partial charge in [-0.3, -0.25) is 0 Å². The van der Waals surface area contributed by atoms with Gasteiger partial charge in [0.15, 0.2) is 5.16 Å². The number of nitrogens with two attached hydrogens (primary N) is 1. The van der Waals surface area contributed by atoms with Gasteiger partial charge in [-0.05, 0) is 13.2 Å². The lowest BCUT2D eigenvalue weighted by Gasteiger charge is -2.21. The quantitative estimate of drug-likeness (QED) is 0.203. The topological polar surface area (TPSA) is 116 Å². The van der Waals surface area contributed by atoms with Gasteiger partial charge in [0.1, 0.15) is 17.2 Å². The highest BCUT2D eigenvalue weighted by Gasteiger charge is 2.18. The van der Waals surface area contributed by atoms with Crippen LogP contribution in [0, 0.1) is 0 Å². The lowest BCUT2D eigenvalue weighted by Crippen LogP contribution is -2.37. The number of rotatable bonds is 6. The summed E-state index contributed by atoms with van der Waals surface area (Å²) in [6, 6.07) is 1.62. The molecule has 0 aliphatic rings. The molecule has 17 heavy (non-hydrogen) atoms. The van der Waals surface area contributed by atoms with Crippen LogP contribution < -0.4 is 16.6 Å². The van der Waals surface area contributed by atoms with Gasteiger partial charge in [-0.2, -0.15) is 0 Å². The van der Waals surface area contributed by atoms with Crippen LogP contribution in [0.2, 0.25) is 0 Å². The molecule has 1 aromatic heterocycles. The maximum Gasteiger partial charge on any atom is 0.191 e. The van der Waals surface area contributed by atoms with Crippen LogP contribution in [0.1, 0.15) is 6.92 Å². The van der Waals surface area contributed by atoms with Crippen molar-refractivity contribution in [3.8, 4) is 0 Å². The molecule has 1 unspecified atom stereocenters. The summed E-state index contributed by atoms with van der Waals surface area (Å²) in [4.78, 5) is 8.29. The van der Waals surface area contributed by atoms with Gasteiger partial charge in [0.05, 0.1) is 6.61 Å². The van der Waals surface area contributed by atoms with Crippen LogP contribution in [-0.4, -0.2) is 45.2 Å². The number of hydrogen-bond acceptors (Lipinski definition) is 8. The first-order valence-electron chi connectivity index (χ1n) is 4.97. The van der Waals surface area contributed by atoms with Crippen molar-refractivity contribution in [2.75, 3.05) is 30.1 Å². The van der Waals surface area contributed by atoms with E-state index in [-0.39, 0.29) is 13.2 Å². The summed E-state index contributed by atoms with van der Waals surface area (Å²) < 4.78 is 0. The Hall–Kier alpha value is -1.09. The van der Waals surface area contributed by atoms with Crippen LogP contribution in [0.25, 0.3) is 0 Å². The van der Waals surface area contributed by atoms with Gasteiger partial charge in [-0.15, -0.1) is 0 Å². The van der Waals surface area contributed by atoms with E-state index in [9.17, 15) is 5.11 Å². The largest absolute Gasteiger partial charge is 0.393 e. The Labute approximate surface area is 104 Å². The number of nitrogen functional groups attached to an aromatic ring is 1. The van der Waals surface area contributed by atoms with Crippen LogP contribution in [-0.2, 0) is 0 Å². The van der Waals surface area contributed by atoms with Crippen LogP contribution in [0.15, 0.2) is 11.2 Å². The zero-order chi connectivity index (χ0) is 12.9. The zero-order valence-electron chi connectivity index (χ0n) is 9.77. The second-order valence-electron chi connectivity index (χ2n) is 3.78. The Morgan fingerprint density at radius 1 is 1.47 bits per heavy atom. The molecule has 96 valence electrons. The van der Waals surface area contributed by atoms with Gasteiger partial charge in [0.2, 0.25) is 0 Å². The Balaban J connectivity index is 2.76. The molecule has 7 nitrogen and oxygen atoms in total. The first-order chi connectivity index (χ1) is 8.00. The molecular weight excluding hydrogens is 242 g/mol. The Morgan fingerprint density at radius 2 is 2.12 bits per heavy atom. The highest BCUT2D eigenvalue weighted by Crippen LogP contribution is 2.17. The minimum absolute atomic E-state index is 0.179. The minimum atomic E-state index is -1.19. The number of anilines is 2. The van der Waals surface area contributed by atoms with Gasteiger partial charge in [-0.25, -0.2) is 15.8 Å². The number of hydrazine groups is 1. The highest BCUT2D eigenvalue weighted by molar-refractivity contribution is 7.98. The summed E-state index contributed by atoms with van der Waals surface area (Å²) >= 11 is 1.38. The van der Waals surface area contributed by atoms with Crippen molar-refractivity contribution < 1.29 is 10.2 Å². The smallest absolute Gasteiger partial charge is 0.191 e. The zero-order valence-corrected chi connectivity index (χ0v) is 10.6. The molecule has 0 radical (unpaired) electrons. The number of aliphatic hydroxyl groups excluding tert-OH is 1. The second kappa shape index (κ2) is 6.01. The average Bonchev–Trinajstić information content (AvgIpc) is 2.36. The predicted molar refractivity (Wildman–Crippen MR) is 67.8 cm³/mol. The molecule has 0 saturated carbocycles. The van der Waals surface area contributed by atoms with E-state index in [0.29, 0.717) is 16.8 Å². The van der Waals surface area contributed by atoms with E-state index < -0.39 is 5.60 Å². The molecule has 0 spiro atoms. The van der Waals surface area contributed by atoms with E-state index in [1.54, 1.807) is 6.07 Å². The minimum Gasteiger partial charge on any atom is -0.393 e. The molecule has 0 aliphatic carbocycles. The van der Waals surface area contributed by atoms with Gasteiger partial charge in [0, 0.05) is 12.6 Å². The van der Waals surface area contributed by atoms with E-state index in [1.807, 2.05) is 6.26 Å². The summed E-state index contributed by atoms with van der Waals surface area (Å²) in [7, 11) is 0. The second-order valence-corrected chi connectivity index (χ2v) is 4.55. The highest BCUT2D eigenvalue weighted by atomic mass is 32.2. The number of aromatic nitrogens is 2. The van der Waals surface area contributed by atoms with Gasteiger partial charge < -0.3 is 21.0 Å². The predicted octanol–water partition coefficient (Wildman–Crippen LogP) is -0.361. The van der Waals surface area contributed by atoms with Crippen molar-refractivity contribution in [3.63, 3.8) is 0 Å². The van der Waals surface area contributed by atoms with Gasteiger partial charge in [-0.1, -0.05) is 11.8 Å². The maximum absolute atomic E-state index is 9.64. The molecular formula is C9H17N5O2S. The SMILES string of the molecule is CSc1nc(NN)cc(NCC(C)(O)CO)n1. The Bertz CT molecular complexity index is 352. The van der Waals surface area contributed by atoms with Crippen molar-refractivity contribution in [2.24, 2.45) is 5.84 Å². The van der Waals surface area contributed by atoms with Crippen LogP contribution >= 0.6 is 11.8 Å². The monoisotopic (exact) mass is 259 g/mol. The van der Waals surface area contributed by atoms with E-state index in [2.05, 4.69) is 20.7 Å². The molecule has 0 aromatic carbocycles. The van der Waals surface area contributed by atoms with Gasteiger partial charge >= 0.3 is 0 Å². The summed E-state index contributed by atoms with van der Waals surface area (Å²) in [6.07, 6.45) is 1.85. The first-order valence-corrected chi connectivity index (χ1v) is 6.20. The fraction of sp³-hybridized carbons (Fsp3) is 0.556. The molecule has 0 bridgehead atoms. The third-order valence-electron chi connectivity index (χ3n) is 2.03. The number of thioether (sulfide) groups is 1. The molecule has 8 heteroatoms. The molecule has 0 aliphatic heterocycles. The molecule has 1 aromatic rings. The molecule has 0 saturated heterocycles. The average molecular weight is 259 g/mol. The molecule has 0 amide bonds. The van der Waals surface area contributed by atoms with Crippen molar-refractivity contribution in [1.29, 1.82) is 0 Å². The maximum atomic E-state index is 9.64. The van der Waals surface area contributed by atoms with Crippen LogP contribution in [0.3, 0.4) is 0 Å². The number of hydrogen-bond donors (Lipinski definition) is 5. The lowest BCUT2D eigenvalue weighted by atomic mass is 10.1. The summed E-state index contributed by atoms with van der Waals surface area (Å²) in [5.41, 5.74) is 1.24. The van der Waals surface area contributed by atoms with Crippen molar-refractivity contribution in [1.82, 2.24) is 9.97 Å². The summed E-state index contributed by atoms with van der Waals surface area (Å²) in [6.45, 7) is 1.37. The van der Waals surface area contributed by atoms with E-state index in [0.717, 1.165) is 0 Å². The molecule has 6 N–H and O–H groups in total. The van der Waals surface area contributed by atoms with E-state index >= 15 is 0 Å². The van der Waals surface area contributed by atoms with E-state index in [1.165, 1.54) is 18.7 Å². The Kier molecular flexibility index (Phi) is 4.94. The molecule has 0 fully saturated rings. The first kappa shape index (κ1) is 14.0. The molecule has 1 atom stereocenters. The van der Waals surface area contributed by atoms with Crippen molar-refractivity contribution in [2.45, 2.75) is 17.7 Å². The van der Waals surface area contributed by atoms with Crippen LogP contribution in [0.5, 0.6) is 0 Å². The van der Waals surface area contributed by atoms with E-state index in [4.69, 9.17) is 10.9 Å². The standard InChI is InChI=1S/C9H17N5O2S/c1-9(16,5-15)4-11-6-3-7(14-10)13-8(12-6)17-2/h3,15-16H,4-5,10H2,1-2H3,(H2,11,12,13,14). The third-order valence-corrected chi connectivity index (χ3v) is 2.57. The molecule has 1 heterocycles. The fourth-order valence-corrected chi connectivity index (χ4v) is 1.40. The molecule has 1 rings (SSSR count). The summed E-state index contributed by atoms with van der Waals surface area (Å²) in [5.74, 6) is 6.30. The fourth-order valence-electron chi connectivity index (χ4n) is 1.02. The number of aliphatic hydroxyl groups is 2. The van der Waals surface area contributed by atoms with Crippen LogP contribution in [0.4, 0.5) is 11.6 Å². The lowest BCUT2D eigenvalue weighted by molar-refractivity contribution is 0.0131.